The molecule has 0 bridgehead atoms. The first-order valence-electron chi connectivity index (χ1n) is 9.26. The highest BCUT2D eigenvalue weighted by atomic mass is 32.2. The highest BCUT2D eigenvalue weighted by Gasteiger charge is 2.21. The van der Waals surface area contributed by atoms with Crippen LogP contribution < -0.4 is 9.62 Å². The van der Waals surface area contributed by atoms with Gasteiger partial charge in [-0.15, -0.1) is 0 Å². The first-order chi connectivity index (χ1) is 13.3. The normalized spacial score (nSPS) is 17.8. The lowest BCUT2D eigenvalue weighted by Gasteiger charge is -2.20. The van der Waals surface area contributed by atoms with Crippen molar-refractivity contribution in [2.45, 2.75) is 18.2 Å². The lowest BCUT2D eigenvalue weighted by Crippen LogP contribution is -3.09. The summed E-state index contributed by atoms with van der Waals surface area (Å²) in [4.78, 5) is 15.9. The Kier molecular flexibility index (Phi) is 6.00. The molecule has 1 aliphatic rings. The summed E-state index contributed by atoms with van der Waals surface area (Å²) in [5, 5.41) is 0. The molecule has 1 amide bonds. The van der Waals surface area contributed by atoms with Crippen molar-refractivity contribution >= 4 is 21.6 Å². The van der Waals surface area contributed by atoms with Crippen LogP contribution in [0.25, 0.3) is 0 Å². The first kappa shape index (κ1) is 20.3. The SMILES string of the molecule is Cc1ccc(S(=O)(=O)Nc2cccc(C(=O)N3CCC[NH+](C)CC3)c2)cc1F. The molecule has 0 aliphatic carbocycles. The van der Waals surface area contributed by atoms with Gasteiger partial charge in [-0.25, -0.2) is 12.8 Å². The van der Waals surface area contributed by atoms with Crippen molar-refractivity contribution in [1.82, 2.24) is 4.90 Å². The molecule has 6 nitrogen and oxygen atoms in total. The van der Waals surface area contributed by atoms with Crippen LogP contribution in [-0.4, -0.2) is 52.5 Å². The van der Waals surface area contributed by atoms with Gasteiger partial charge < -0.3 is 9.80 Å². The van der Waals surface area contributed by atoms with Gasteiger partial charge >= 0.3 is 0 Å². The van der Waals surface area contributed by atoms with Gasteiger partial charge in [0.25, 0.3) is 15.9 Å². The van der Waals surface area contributed by atoms with Crippen LogP contribution in [-0.2, 0) is 10.0 Å². The van der Waals surface area contributed by atoms with E-state index in [9.17, 15) is 17.6 Å². The molecule has 28 heavy (non-hydrogen) atoms. The number of hydrogen-bond acceptors (Lipinski definition) is 3. The number of anilines is 1. The number of rotatable bonds is 4. The number of carbonyl (C=O) groups excluding carboxylic acids is 1. The predicted octanol–water partition coefficient (Wildman–Crippen LogP) is 1.30. The van der Waals surface area contributed by atoms with Crippen LogP contribution in [0, 0.1) is 12.7 Å². The van der Waals surface area contributed by atoms with Crippen molar-refractivity contribution in [3.8, 4) is 0 Å². The quantitative estimate of drug-likeness (QED) is 0.804. The Bertz CT molecular complexity index is 978. The first-order valence-corrected chi connectivity index (χ1v) is 10.7. The number of hydrogen-bond donors (Lipinski definition) is 2. The summed E-state index contributed by atoms with van der Waals surface area (Å²) in [6.45, 7) is 4.84. The average molecular weight is 407 g/mol. The lowest BCUT2D eigenvalue weighted by molar-refractivity contribution is -0.877. The Morgan fingerprint density at radius 3 is 2.68 bits per heavy atom. The lowest BCUT2D eigenvalue weighted by atomic mass is 10.1. The molecule has 0 spiro atoms. The third-order valence-corrected chi connectivity index (χ3v) is 6.32. The van der Waals surface area contributed by atoms with Crippen molar-refractivity contribution in [1.29, 1.82) is 0 Å². The highest BCUT2D eigenvalue weighted by Crippen LogP contribution is 2.20. The summed E-state index contributed by atoms with van der Waals surface area (Å²) < 4.78 is 41.3. The number of nitrogens with zero attached hydrogens (tertiary/aromatic N) is 1. The third-order valence-electron chi connectivity index (χ3n) is 4.94. The number of benzene rings is 2. The fraction of sp³-hybridized carbons (Fsp3) is 0.350. The summed E-state index contributed by atoms with van der Waals surface area (Å²) >= 11 is 0. The number of halogens is 1. The number of aryl methyl sites for hydroxylation is 1. The van der Waals surface area contributed by atoms with Gasteiger partial charge in [0.05, 0.1) is 31.6 Å². The molecular formula is C20H25FN3O3S+. The summed E-state index contributed by atoms with van der Waals surface area (Å²) in [5.74, 6) is -0.697. The fourth-order valence-electron chi connectivity index (χ4n) is 3.19. The smallest absolute Gasteiger partial charge is 0.261 e. The van der Waals surface area contributed by atoms with Crippen LogP contribution in [0.15, 0.2) is 47.4 Å². The van der Waals surface area contributed by atoms with E-state index in [0.29, 0.717) is 24.2 Å². The second-order valence-corrected chi connectivity index (χ2v) is 8.88. The standard InChI is InChI=1S/C20H24FN3O3S/c1-15-7-8-18(14-19(15)21)28(26,27)22-17-6-3-5-16(13-17)20(25)24-10-4-9-23(2)11-12-24/h3,5-8,13-14,22H,4,9-12H2,1-2H3/p+1. The molecule has 0 radical (unpaired) electrons. The van der Waals surface area contributed by atoms with E-state index in [2.05, 4.69) is 11.8 Å². The molecule has 1 fully saturated rings. The predicted molar refractivity (Wildman–Crippen MR) is 106 cm³/mol. The number of sulfonamides is 1. The van der Waals surface area contributed by atoms with Gasteiger partial charge in [0.15, 0.2) is 0 Å². The molecule has 0 saturated carbocycles. The van der Waals surface area contributed by atoms with E-state index < -0.39 is 15.8 Å². The molecule has 2 aromatic rings. The van der Waals surface area contributed by atoms with Gasteiger partial charge in [0.1, 0.15) is 5.82 Å². The topological polar surface area (TPSA) is 70.9 Å². The minimum Gasteiger partial charge on any atom is -0.336 e. The molecular weight excluding hydrogens is 381 g/mol. The second-order valence-electron chi connectivity index (χ2n) is 7.20. The number of likely N-dealkylation sites (N-methyl/N-ethyl adjacent to an activating group) is 1. The van der Waals surface area contributed by atoms with Gasteiger partial charge in [-0.05, 0) is 42.8 Å². The van der Waals surface area contributed by atoms with Crippen molar-refractivity contribution in [3.05, 3.63) is 59.4 Å². The van der Waals surface area contributed by atoms with E-state index in [-0.39, 0.29) is 16.5 Å². The summed E-state index contributed by atoms with van der Waals surface area (Å²) in [7, 11) is -1.84. The number of amides is 1. The van der Waals surface area contributed by atoms with Gasteiger partial charge in [0, 0.05) is 24.2 Å². The van der Waals surface area contributed by atoms with E-state index in [1.165, 1.54) is 23.1 Å². The van der Waals surface area contributed by atoms with E-state index in [0.717, 1.165) is 25.6 Å². The average Bonchev–Trinajstić information content (AvgIpc) is 2.87. The second kappa shape index (κ2) is 8.28. The molecule has 1 saturated heterocycles. The maximum absolute atomic E-state index is 13.7. The number of carbonyl (C=O) groups is 1. The zero-order chi connectivity index (χ0) is 20.3. The van der Waals surface area contributed by atoms with Gasteiger partial charge in [-0.3, -0.25) is 9.52 Å². The number of nitrogens with one attached hydrogen (secondary N) is 2. The van der Waals surface area contributed by atoms with Crippen molar-refractivity contribution < 1.29 is 22.5 Å². The molecule has 3 rings (SSSR count). The van der Waals surface area contributed by atoms with E-state index in [1.54, 1.807) is 30.0 Å². The van der Waals surface area contributed by atoms with Gasteiger partial charge in [0.2, 0.25) is 0 Å². The highest BCUT2D eigenvalue weighted by molar-refractivity contribution is 7.92. The Labute approximate surface area is 165 Å². The maximum Gasteiger partial charge on any atom is 0.261 e. The van der Waals surface area contributed by atoms with E-state index in [1.807, 2.05) is 0 Å². The van der Waals surface area contributed by atoms with Crippen molar-refractivity contribution in [3.63, 3.8) is 0 Å². The van der Waals surface area contributed by atoms with Crippen molar-refractivity contribution in [2.24, 2.45) is 0 Å². The zero-order valence-corrected chi connectivity index (χ0v) is 16.9. The summed E-state index contributed by atoms with van der Waals surface area (Å²) in [6, 6.07) is 10.2. The van der Waals surface area contributed by atoms with Crippen LogP contribution in [0.5, 0.6) is 0 Å². The summed E-state index contributed by atoms with van der Waals surface area (Å²) in [6.07, 6.45) is 0.933. The van der Waals surface area contributed by atoms with Crippen LogP contribution in [0.3, 0.4) is 0 Å². The Morgan fingerprint density at radius 2 is 1.93 bits per heavy atom. The van der Waals surface area contributed by atoms with Crippen molar-refractivity contribution in [2.75, 3.05) is 37.9 Å². The van der Waals surface area contributed by atoms with E-state index >= 15 is 0 Å². The van der Waals surface area contributed by atoms with Crippen LogP contribution in [0.1, 0.15) is 22.3 Å². The molecule has 2 N–H and O–H groups in total. The van der Waals surface area contributed by atoms with Crippen LogP contribution in [0.2, 0.25) is 0 Å². The van der Waals surface area contributed by atoms with Crippen LogP contribution in [0.4, 0.5) is 10.1 Å². The molecule has 1 heterocycles. The van der Waals surface area contributed by atoms with Crippen LogP contribution >= 0.6 is 0 Å². The Morgan fingerprint density at radius 1 is 1.14 bits per heavy atom. The Hall–Kier alpha value is -2.45. The largest absolute Gasteiger partial charge is 0.336 e. The molecule has 2 aromatic carbocycles. The molecule has 1 aliphatic heterocycles. The zero-order valence-electron chi connectivity index (χ0n) is 16.0. The molecule has 0 aromatic heterocycles. The minimum absolute atomic E-state index is 0.114. The summed E-state index contributed by atoms with van der Waals surface area (Å²) in [5.41, 5.74) is 1.07. The molecule has 150 valence electrons. The molecule has 1 unspecified atom stereocenters. The fourth-order valence-corrected chi connectivity index (χ4v) is 4.25. The van der Waals surface area contributed by atoms with Gasteiger partial charge in [-0.2, -0.15) is 0 Å². The van der Waals surface area contributed by atoms with Gasteiger partial charge in [-0.1, -0.05) is 12.1 Å². The number of quaternary nitrogens is 1. The maximum atomic E-state index is 13.7. The molecule has 1 atom stereocenters. The minimum atomic E-state index is -3.95. The monoisotopic (exact) mass is 406 g/mol. The third kappa shape index (κ3) is 4.69. The Balaban J connectivity index is 1.79. The van der Waals surface area contributed by atoms with E-state index in [4.69, 9.17) is 0 Å². The molecule has 8 heteroatoms.